The average Bonchev–Trinajstić information content (AvgIpc) is 2.76. The molecule has 1 aliphatic heterocycles. The quantitative estimate of drug-likeness (QED) is 0.653. The molecule has 8 heteroatoms. The van der Waals surface area contributed by atoms with Gasteiger partial charge in [-0.25, -0.2) is 5.01 Å². The van der Waals surface area contributed by atoms with Gasteiger partial charge in [0.15, 0.2) is 0 Å². The van der Waals surface area contributed by atoms with Crippen LogP contribution in [0.2, 0.25) is 0 Å². The van der Waals surface area contributed by atoms with Gasteiger partial charge in [-0.15, -0.1) is 0 Å². The number of rotatable bonds is 4. The summed E-state index contributed by atoms with van der Waals surface area (Å²) in [4.78, 5) is 28.2. The van der Waals surface area contributed by atoms with Crippen LogP contribution in [0.15, 0.2) is 42.5 Å². The van der Waals surface area contributed by atoms with Crippen LogP contribution in [0, 0.1) is 30.9 Å². The lowest BCUT2D eigenvalue weighted by Crippen LogP contribution is -2.54. The third-order valence-electron chi connectivity index (χ3n) is 5.97. The molecule has 1 N–H and O–H groups in total. The Morgan fingerprint density at radius 2 is 1.68 bits per heavy atom. The number of carbonyl (C=O) groups excluding carboxylic acids is 1. The highest BCUT2D eigenvalue weighted by atomic mass is 16.5. The standard InChI is InChI=1S/C23H27N5O3/c1-16-13-20-21(14-17(16)2)28(31)22(18(3)27(20)30)23(29)24-26-11-9-25(10-12-26)15-19-7-5-4-6-8-19/h4-8,13-14H,9-12,15H2,1-3H3,(H,24,29). The van der Waals surface area contributed by atoms with E-state index in [0.717, 1.165) is 30.8 Å². The third kappa shape index (κ3) is 4.17. The largest absolute Gasteiger partial charge is 0.805 e. The molecule has 1 saturated heterocycles. The molecule has 4 rings (SSSR count). The van der Waals surface area contributed by atoms with E-state index in [1.54, 1.807) is 12.1 Å². The van der Waals surface area contributed by atoms with Gasteiger partial charge in [-0.1, -0.05) is 30.3 Å². The molecule has 31 heavy (non-hydrogen) atoms. The monoisotopic (exact) mass is 421 g/mol. The van der Waals surface area contributed by atoms with E-state index in [1.165, 1.54) is 12.5 Å². The fourth-order valence-electron chi connectivity index (χ4n) is 3.97. The Bertz CT molecular complexity index is 1180. The fourth-order valence-corrected chi connectivity index (χ4v) is 3.97. The molecule has 8 nitrogen and oxygen atoms in total. The minimum atomic E-state index is -0.561. The Hall–Kier alpha value is -3.23. The van der Waals surface area contributed by atoms with E-state index >= 15 is 0 Å². The lowest BCUT2D eigenvalue weighted by atomic mass is 10.1. The fraction of sp³-hybridized carbons (Fsp3) is 0.348. The average molecular weight is 422 g/mol. The predicted octanol–water partition coefficient (Wildman–Crippen LogP) is 2.29. The number of nitrogens with zero attached hydrogens (tertiary/aromatic N) is 4. The molecular weight excluding hydrogens is 394 g/mol. The number of piperazine rings is 1. The zero-order valence-electron chi connectivity index (χ0n) is 18.1. The van der Waals surface area contributed by atoms with Crippen molar-refractivity contribution < 1.29 is 9.22 Å². The number of aryl methyl sites for hydroxylation is 2. The van der Waals surface area contributed by atoms with Crippen LogP contribution < -0.4 is 9.85 Å². The maximum Gasteiger partial charge on any atom is 0.347 e. The molecule has 0 radical (unpaired) electrons. The molecule has 3 aromatic rings. The molecule has 0 spiro atoms. The number of benzene rings is 2. The van der Waals surface area contributed by atoms with E-state index < -0.39 is 5.91 Å². The van der Waals surface area contributed by atoms with Crippen molar-refractivity contribution in [3.05, 3.63) is 80.7 Å². The second kappa shape index (κ2) is 8.49. The minimum absolute atomic E-state index is 0.0889. The number of hydrogen-bond acceptors (Lipinski definition) is 5. The Labute approximate surface area is 180 Å². The van der Waals surface area contributed by atoms with Crippen molar-refractivity contribution in [2.24, 2.45) is 0 Å². The molecule has 0 unspecified atom stereocenters. The number of nitrogens with one attached hydrogen (secondary N) is 1. The SMILES string of the molecule is Cc1cc2c(cc1C)[n+](=O)c(C(=O)NN1CCN(Cc3ccccc3)CC1)c(C)n2[O-]. The van der Waals surface area contributed by atoms with Gasteiger partial charge >= 0.3 is 11.6 Å². The summed E-state index contributed by atoms with van der Waals surface area (Å²) in [6.07, 6.45) is 0. The molecule has 162 valence electrons. The van der Waals surface area contributed by atoms with Gasteiger partial charge in [0.1, 0.15) is 5.52 Å². The predicted molar refractivity (Wildman–Crippen MR) is 119 cm³/mol. The molecule has 1 aliphatic rings. The first kappa shape index (κ1) is 21.0. The topological polar surface area (TPSA) is 86.5 Å². The Kier molecular flexibility index (Phi) is 5.75. The van der Waals surface area contributed by atoms with Crippen molar-refractivity contribution in [1.82, 2.24) is 20.1 Å². The number of hydrazine groups is 1. The van der Waals surface area contributed by atoms with Gasteiger partial charge < -0.3 is 9.94 Å². The number of amides is 1. The van der Waals surface area contributed by atoms with Gasteiger partial charge in [0.05, 0.1) is 10.1 Å². The second-order valence-corrected chi connectivity index (χ2v) is 8.14. The van der Waals surface area contributed by atoms with Crippen LogP contribution in [0.5, 0.6) is 0 Å². The van der Waals surface area contributed by atoms with Crippen LogP contribution in [-0.4, -0.2) is 46.7 Å². The van der Waals surface area contributed by atoms with Crippen LogP contribution in [-0.2, 0) is 6.54 Å². The minimum Gasteiger partial charge on any atom is -0.805 e. The molecule has 0 atom stereocenters. The van der Waals surface area contributed by atoms with Crippen LogP contribution in [0.3, 0.4) is 0 Å². The maximum absolute atomic E-state index is 13.0. The summed E-state index contributed by atoms with van der Waals surface area (Å²) in [7, 11) is 0. The first-order valence-corrected chi connectivity index (χ1v) is 10.4. The van der Waals surface area contributed by atoms with Crippen molar-refractivity contribution >= 4 is 16.9 Å². The highest BCUT2D eigenvalue weighted by molar-refractivity contribution is 5.92. The Morgan fingerprint density at radius 3 is 2.35 bits per heavy atom. The zero-order chi connectivity index (χ0) is 22.1. The number of aromatic nitrogens is 2. The van der Waals surface area contributed by atoms with E-state index in [9.17, 15) is 14.9 Å². The van der Waals surface area contributed by atoms with Crippen molar-refractivity contribution in [2.75, 3.05) is 26.2 Å². The highest BCUT2D eigenvalue weighted by Crippen LogP contribution is 2.19. The van der Waals surface area contributed by atoms with Gasteiger partial charge in [-0.05, 0) is 43.5 Å². The Morgan fingerprint density at radius 1 is 1.03 bits per heavy atom. The smallest absolute Gasteiger partial charge is 0.347 e. The van der Waals surface area contributed by atoms with Crippen LogP contribution >= 0.6 is 0 Å². The summed E-state index contributed by atoms with van der Waals surface area (Å²) in [5.74, 6) is -0.561. The number of hydrogen-bond donors (Lipinski definition) is 1. The maximum atomic E-state index is 13.0. The Balaban J connectivity index is 1.49. The lowest BCUT2D eigenvalue weighted by Gasteiger charge is -2.34. The van der Waals surface area contributed by atoms with E-state index in [2.05, 4.69) is 22.5 Å². The first-order valence-electron chi connectivity index (χ1n) is 10.4. The lowest BCUT2D eigenvalue weighted by molar-refractivity contribution is -0.468. The summed E-state index contributed by atoms with van der Waals surface area (Å²) >= 11 is 0. The highest BCUT2D eigenvalue weighted by Gasteiger charge is 2.29. The van der Waals surface area contributed by atoms with Crippen LogP contribution in [0.25, 0.3) is 11.0 Å². The molecule has 1 amide bonds. The summed E-state index contributed by atoms with van der Waals surface area (Å²) in [6.45, 7) is 8.99. The normalized spacial score (nSPS) is 15.3. The second-order valence-electron chi connectivity index (χ2n) is 8.14. The van der Waals surface area contributed by atoms with Crippen molar-refractivity contribution in [3.63, 3.8) is 0 Å². The van der Waals surface area contributed by atoms with Crippen LogP contribution in [0.1, 0.15) is 32.9 Å². The van der Waals surface area contributed by atoms with Gasteiger partial charge in [0.25, 0.3) is 5.52 Å². The molecule has 0 saturated carbocycles. The van der Waals surface area contributed by atoms with E-state index in [1.807, 2.05) is 37.1 Å². The van der Waals surface area contributed by atoms with Crippen molar-refractivity contribution in [1.29, 1.82) is 0 Å². The molecule has 2 aromatic carbocycles. The van der Waals surface area contributed by atoms with Gasteiger partial charge in [-0.2, -0.15) is 0 Å². The van der Waals surface area contributed by atoms with Crippen molar-refractivity contribution in [3.8, 4) is 0 Å². The summed E-state index contributed by atoms with van der Waals surface area (Å²) in [5.41, 5.74) is 6.26. The van der Waals surface area contributed by atoms with E-state index in [4.69, 9.17) is 0 Å². The molecular formula is C23H27N5O3. The summed E-state index contributed by atoms with van der Waals surface area (Å²) in [6, 6.07) is 13.6. The number of fused-ring (bicyclic) bond motifs is 1. The molecule has 1 fully saturated rings. The van der Waals surface area contributed by atoms with E-state index in [0.29, 0.717) is 22.2 Å². The van der Waals surface area contributed by atoms with E-state index in [-0.39, 0.29) is 22.4 Å². The first-order chi connectivity index (χ1) is 14.8. The molecule has 2 heterocycles. The number of carbonyl (C=O) groups is 1. The van der Waals surface area contributed by atoms with Gasteiger partial charge in [-0.3, -0.25) is 15.1 Å². The summed E-state index contributed by atoms with van der Waals surface area (Å²) < 4.78 is 1.25. The van der Waals surface area contributed by atoms with Crippen molar-refractivity contribution in [2.45, 2.75) is 27.3 Å². The molecule has 0 bridgehead atoms. The van der Waals surface area contributed by atoms with Gasteiger partial charge in [0, 0.05) is 43.7 Å². The third-order valence-corrected chi connectivity index (χ3v) is 5.97. The zero-order valence-corrected chi connectivity index (χ0v) is 18.1. The molecule has 1 aromatic heterocycles. The van der Waals surface area contributed by atoms with Crippen LogP contribution in [0.4, 0.5) is 0 Å². The summed E-state index contributed by atoms with van der Waals surface area (Å²) in [5, 5.41) is 14.6. The molecule has 0 aliphatic carbocycles. The van der Waals surface area contributed by atoms with Gasteiger partial charge in [0.2, 0.25) is 0 Å².